The van der Waals surface area contributed by atoms with Crippen molar-refractivity contribution in [2.45, 2.75) is 52.5 Å². The first kappa shape index (κ1) is 18.0. The monoisotopic (exact) mass is 331 g/mol. The van der Waals surface area contributed by atoms with Gasteiger partial charge in [0.25, 0.3) is 5.91 Å². The van der Waals surface area contributed by atoms with E-state index in [-0.39, 0.29) is 11.8 Å². The first-order valence-corrected chi connectivity index (χ1v) is 8.46. The van der Waals surface area contributed by atoms with Gasteiger partial charge in [0.2, 0.25) is 5.88 Å². The normalized spacial score (nSPS) is 11.5. The van der Waals surface area contributed by atoms with Crippen LogP contribution in [0.15, 0.2) is 28.4 Å². The van der Waals surface area contributed by atoms with Crippen molar-refractivity contribution in [2.75, 3.05) is 7.11 Å². The molecule has 0 aliphatic heterocycles. The summed E-state index contributed by atoms with van der Waals surface area (Å²) in [4.78, 5) is 11.8. The lowest BCUT2D eigenvalue weighted by molar-refractivity contribution is -0.118. The number of benzene rings is 1. The molecule has 1 amide bonds. The second-order valence-corrected chi connectivity index (χ2v) is 5.76. The van der Waals surface area contributed by atoms with Gasteiger partial charge in [0, 0.05) is 18.4 Å². The minimum atomic E-state index is -0.270. The van der Waals surface area contributed by atoms with E-state index >= 15 is 0 Å². The highest BCUT2D eigenvalue weighted by molar-refractivity contribution is 5.96. The van der Waals surface area contributed by atoms with Crippen LogP contribution >= 0.6 is 0 Å². The van der Waals surface area contributed by atoms with E-state index in [4.69, 9.17) is 4.74 Å². The Morgan fingerprint density at radius 1 is 1.25 bits per heavy atom. The van der Waals surface area contributed by atoms with E-state index in [9.17, 15) is 9.90 Å². The molecule has 0 aliphatic rings. The largest absolute Gasteiger partial charge is 0.497 e. The Morgan fingerprint density at radius 3 is 2.67 bits per heavy atom. The molecule has 0 saturated heterocycles. The van der Waals surface area contributed by atoms with Crippen LogP contribution in [-0.2, 0) is 11.3 Å². The van der Waals surface area contributed by atoms with Crippen LogP contribution in [0.3, 0.4) is 0 Å². The number of amides is 1. The van der Waals surface area contributed by atoms with Gasteiger partial charge in [-0.05, 0) is 31.0 Å². The number of carbonyl (C=O) groups is 1. The molecule has 0 saturated carbocycles. The molecule has 1 aromatic carbocycles. The summed E-state index contributed by atoms with van der Waals surface area (Å²) >= 11 is 0. The lowest BCUT2D eigenvalue weighted by Crippen LogP contribution is -1.96. The summed E-state index contributed by atoms with van der Waals surface area (Å²) in [7, 11) is 1.59. The number of aromatic hydroxyl groups is 1. The third-order valence-electron chi connectivity index (χ3n) is 3.96. The van der Waals surface area contributed by atoms with Crippen LogP contribution in [0.4, 0.5) is 5.69 Å². The molecule has 2 aromatic rings. The van der Waals surface area contributed by atoms with Crippen LogP contribution in [-0.4, -0.2) is 22.7 Å². The van der Waals surface area contributed by atoms with Crippen molar-refractivity contribution in [3.8, 4) is 11.6 Å². The number of ether oxygens (including phenoxy) is 1. The fraction of sp³-hybridized carbons (Fsp3) is 0.500. The van der Waals surface area contributed by atoms with Gasteiger partial charge < -0.3 is 14.4 Å². The maximum Gasteiger partial charge on any atom is 0.264 e. The zero-order valence-electron chi connectivity index (χ0n) is 14.6. The molecule has 6 heteroatoms. The number of fused-ring (bicyclic) bond motifs is 1. The molecule has 0 spiro atoms. The van der Waals surface area contributed by atoms with Crippen molar-refractivity contribution in [1.29, 1.82) is 0 Å². The first-order chi connectivity index (χ1) is 11.6. The molecule has 1 aromatic heterocycles. The molecule has 130 valence electrons. The number of carbonyl (C=O) groups excluding carboxylic acids is 1. The van der Waals surface area contributed by atoms with Gasteiger partial charge >= 0.3 is 0 Å². The number of azo groups is 1. The van der Waals surface area contributed by atoms with Gasteiger partial charge in [0.05, 0.1) is 12.6 Å². The maximum absolute atomic E-state index is 11.8. The highest BCUT2D eigenvalue weighted by atomic mass is 16.5. The Labute approximate surface area is 142 Å². The summed E-state index contributed by atoms with van der Waals surface area (Å²) in [5.41, 5.74) is 1.18. The molecule has 2 rings (SSSR count). The molecular formula is C18H25N3O3. The summed E-state index contributed by atoms with van der Waals surface area (Å²) < 4.78 is 7.06. The smallest absolute Gasteiger partial charge is 0.264 e. The van der Waals surface area contributed by atoms with Crippen molar-refractivity contribution in [3.63, 3.8) is 0 Å². The zero-order valence-corrected chi connectivity index (χ0v) is 14.6. The molecular weight excluding hydrogens is 306 g/mol. The van der Waals surface area contributed by atoms with Gasteiger partial charge in [-0.25, -0.2) is 0 Å². The highest BCUT2D eigenvalue weighted by Gasteiger charge is 2.17. The molecule has 0 unspecified atom stereocenters. The van der Waals surface area contributed by atoms with E-state index in [2.05, 4.69) is 17.2 Å². The number of methoxy groups -OCH3 is 1. The Kier molecular flexibility index (Phi) is 6.35. The second-order valence-electron chi connectivity index (χ2n) is 5.76. The molecule has 0 radical (unpaired) electrons. The fourth-order valence-electron chi connectivity index (χ4n) is 2.55. The number of rotatable bonds is 8. The third-order valence-corrected chi connectivity index (χ3v) is 3.96. The Bertz CT molecular complexity index is 735. The van der Waals surface area contributed by atoms with E-state index in [1.165, 1.54) is 0 Å². The predicted octanol–water partition coefficient (Wildman–Crippen LogP) is 4.96. The fourth-order valence-corrected chi connectivity index (χ4v) is 2.55. The molecule has 1 heterocycles. The van der Waals surface area contributed by atoms with Crippen molar-refractivity contribution in [3.05, 3.63) is 18.2 Å². The molecule has 0 fully saturated rings. The quantitative estimate of drug-likeness (QED) is 0.695. The van der Waals surface area contributed by atoms with Crippen LogP contribution in [0.1, 0.15) is 46.0 Å². The first-order valence-electron chi connectivity index (χ1n) is 8.46. The number of aromatic nitrogens is 1. The van der Waals surface area contributed by atoms with Crippen LogP contribution in [0.2, 0.25) is 0 Å². The Balaban J connectivity index is 2.44. The average Bonchev–Trinajstić information content (AvgIpc) is 2.86. The highest BCUT2D eigenvalue weighted by Crippen LogP contribution is 2.40. The van der Waals surface area contributed by atoms with Gasteiger partial charge in [0.15, 0.2) is 5.69 Å². The maximum atomic E-state index is 11.8. The van der Waals surface area contributed by atoms with E-state index in [1.54, 1.807) is 7.11 Å². The standard InChI is InChI=1S/C18H25N3O3/c1-4-6-8-16(22)19-20-17-14-12-13(24-3)9-10-15(14)21(18(17)23)11-7-5-2/h9-10,12,23H,4-8,11H2,1-3H3. The predicted molar refractivity (Wildman–Crippen MR) is 94.1 cm³/mol. The third kappa shape index (κ3) is 3.93. The summed E-state index contributed by atoms with van der Waals surface area (Å²) in [6.45, 7) is 4.80. The van der Waals surface area contributed by atoms with Crippen LogP contribution in [0.25, 0.3) is 10.9 Å². The molecule has 0 bridgehead atoms. The number of unbranched alkanes of at least 4 members (excludes halogenated alkanes) is 2. The van der Waals surface area contributed by atoms with Gasteiger partial charge in [-0.1, -0.05) is 26.7 Å². The van der Waals surface area contributed by atoms with Gasteiger partial charge in [-0.3, -0.25) is 4.79 Å². The van der Waals surface area contributed by atoms with Crippen LogP contribution in [0, 0.1) is 0 Å². The Hall–Kier alpha value is -2.37. The van der Waals surface area contributed by atoms with Gasteiger partial charge in [-0.15, -0.1) is 10.2 Å². The number of hydrogen-bond donors (Lipinski definition) is 1. The summed E-state index contributed by atoms with van der Waals surface area (Å²) in [5, 5.41) is 19.1. The molecule has 24 heavy (non-hydrogen) atoms. The zero-order chi connectivity index (χ0) is 17.5. The van der Waals surface area contributed by atoms with Crippen molar-refractivity contribution in [1.82, 2.24) is 4.57 Å². The van der Waals surface area contributed by atoms with E-state index in [1.807, 2.05) is 29.7 Å². The second kappa shape index (κ2) is 8.47. The van der Waals surface area contributed by atoms with Crippen LogP contribution < -0.4 is 4.74 Å². The summed E-state index contributed by atoms with van der Waals surface area (Å²) in [6.07, 6.45) is 4.05. The van der Waals surface area contributed by atoms with Crippen molar-refractivity contribution in [2.24, 2.45) is 10.2 Å². The van der Waals surface area contributed by atoms with E-state index in [0.717, 1.165) is 36.6 Å². The molecule has 6 nitrogen and oxygen atoms in total. The molecule has 1 N–H and O–H groups in total. The molecule has 0 aliphatic carbocycles. The Morgan fingerprint density at radius 2 is 2.00 bits per heavy atom. The minimum Gasteiger partial charge on any atom is -0.497 e. The number of aryl methyl sites for hydroxylation is 1. The number of hydrogen-bond acceptors (Lipinski definition) is 4. The average molecular weight is 331 g/mol. The van der Waals surface area contributed by atoms with Crippen molar-refractivity contribution >= 4 is 22.5 Å². The van der Waals surface area contributed by atoms with E-state index in [0.29, 0.717) is 24.4 Å². The lowest BCUT2D eigenvalue weighted by atomic mass is 10.2. The van der Waals surface area contributed by atoms with Crippen molar-refractivity contribution < 1.29 is 14.6 Å². The van der Waals surface area contributed by atoms with Crippen LogP contribution in [0.5, 0.6) is 11.6 Å². The molecule has 0 atom stereocenters. The van der Waals surface area contributed by atoms with Gasteiger partial charge in [-0.2, -0.15) is 0 Å². The number of nitrogens with zero attached hydrogens (tertiary/aromatic N) is 3. The SMILES string of the molecule is CCCCC(=O)N=Nc1c(O)n(CCCC)c2ccc(OC)cc12. The summed E-state index contributed by atoms with van der Waals surface area (Å²) in [6, 6.07) is 5.54. The topological polar surface area (TPSA) is 76.2 Å². The lowest BCUT2D eigenvalue weighted by Gasteiger charge is -2.05. The van der Waals surface area contributed by atoms with Gasteiger partial charge in [0.1, 0.15) is 5.75 Å². The van der Waals surface area contributed by atoms with E-state index < -0.39 is 0 Å². The minimum absolute atomic E-state index is 0.0405. The summed E-state index contributed by atoms with van der Waals surface area (Å²) in [5.74, 6) is 0.441.